The minimum absolute atomic E-state index is 0.247. The van der Waals surface area contributed by atoms with Crippen molar-refractivity contribution in [3.8, 4) is 6.07 Å². The Morgan fingerprint density at radius 2 is 2.17 bits per heavy atom. The van der Waals surface area contributed by atoms with E-state index in [1.807, 2.05) is 0 Å². The summed E-state index contributed by atoms with van der Waals surface area (Å²) in [5, 5.41) is 23.2. The summed E-state index contributed by atoms with van der Waals surface area (Å²) in [5.41, 5.74) is 3.06. The molecule has 2 N–H and O–H groups in total. The normalized spacial score (nSPS) is 12.8. The van der Waals surface area contributed by atoms with Gasteiger partial charge in [-0.15, -0.1) is 16.4 Å². The van der Waals surface area contributed by atoms with Crippen LogP contribution in [0.5, 0.6) is 0 Å². The summed E-state index contributed by atoms with van der Waals surface area (Å²) in [4.78, 5) is 31.9. The second-order valence-corrected chi connectivity index (χ2v) is 7.70. The van der Waals surface area contributed by atoms with Crippen molar-refractivity contribution in [3.05, 3.63) is 39.8 Å². The highest BCUT2D eigenvalue weighted by Gasteiger charge is 2.22. The highest BCUT2D eigenvalue weighted by atomic mass is 32.1. The van der Waals surface area contributed by atoms with Crippen LogP contribution in [0.3, 0.4) is 0 Å². The van der Waals surface area contributed by atoms with E-state index in [1.165, 1.54) is 16.2 Å². The Balaban J connectivity index is 1.47. The topological polar surface area (TPSA) is 122 Å². The average molecular weight is 410 g/mol. The van der Waals surface area contributed by atoms with Crippen molar-refractivity contribution in [1.29, 1.82) is 5.26 Å². The van der Waals surface area contributed by atoms with Crippen molar-refractivity contribution in [2.75, 3.05) is 19.0 Å². The van der Waals surface area contributed by atoms with Gasteiger partial charge in [-0.2, -0.15) is 5.26 Å². The van der Waals surface area contributed by atoms with E-state index in [2.05, 4.69) is 27.0 Å². The van der Waals surface area contributed by atoms with Gasteiger partial charge in [0.2, 0.25) is 0 Å². The number of fused-ring (bicyclic) bond motifs is 2. The van der Waals surface area contributed by atoms with Gasteiger partial charge in [0, 0.05) is 17.5 Å². The molecule has 0 saturated carbocycles. The lowest BCUT2D eigenvalue weighted by Gasteiger charge is -2.09. The molecule has 0 spiro atoms. The molecule has 0 aliphatic heterocycles. The number of rotatable bonds is 5. The highest BCUT2D eigenvalue weighted by Crippen LogP contribution is 2.37. The van der Waals surface area contributed by atoms with Crippen LogP contribution in [0.2, 0.25) is 0 Å². The van der Waals surface area contributed by atoms with Gasteiger partial charge in [-0.1, -0.05) is 4.85 Å². The molecule has 4 rings (SSSR count). The molecule has 2 amide bonds. The molecule has 1 aromatic carbocycles. The minimum atomic E-state index is -0.397. The van der Waals surface area contributed by atoms with Crippen LogP contribution in [0.4, 0.5) is 5.00 Å². The Morgan fingerprint density at radius 1 is 1.34 bits per heavy atom. The maximum atomic E-state index is 12.4. The molecule has 1 aliphatic rings. The third-order valence-electron chi connectivity index (χ3n) is 4.76. The summed E-state index contributed by atoms with van der Waals surface area (Å²) in [6.45, 7) is -0.309. The third kappa shape index (κ3) is 3.64. The van der Waals surface area contributed by atoms with Gasteiger partial charge in [-0.3, -0.25) is 9.59 Å². The number of aromatic nitrogens is 3. The number of nitriles is 1. The number of carbonyl (C=O) groups is 2. The molecule has 3 aromatic rings. The van der Waals surface area contributed by atoms with E-state index < -0.39 is 5.91 Å². The number of anilines is 1. The average Bonchev–Trinajstić information content (AvgIpc) is 3.31. The number of amides is 2. The molecule has 0 radical (unpaired) electrons. The van der Waals surface area contributed by atoms with Gasteiger partial charge in [0.05, 0.1) is 5.56 Å². The SMILES string of the molecule is CNC(=O)c1ccc2nnn(OCC(=O)Nc3sc4c(c3C#N)CCCC4)c2c1. The molecule has 9 nitrogen and oxygen atoms in total. The van der Waals surface area contributed by atoms with E-state index in [0.717, 1.165) is 36.1 Å². The summed E-state index contributed by atoms with van der Waals surface area (Å²) in [6, 6.07) is 7.09. The van der Waals surface area contributed by atoms with Crippen molar-refractivity contribution in [2.45, 2.75) is 25.7 Å². The Hall–Kier alpha value is -3.45. The monoisotopic (exact) mass is 410 g/mol. The Bertz CT molecular complexity index is 1140. The maximum absolute atomic E-state index is 12.4. The van der Waals surface area contributed by atoms with E-state index in [0.29, 0.717) is 27.2 Å². The third-order valence-corrected chi connectivity index (χ3v) is 5.97. The van der Waals surface area contributed by atoms with Crippen molar-refractivity contribution >= 4 is 39.2 Å². The number of carbonyl (C=O) groups excluding carboxylic acids is 2. The number of aryl methyl sites for hydroxylation is 1. The number of nitrogens with zero attached hydrogens (tertiary/aromatic N) is 4. The van der Waals surface area contributed by atoms with Crippen LogP contribution in [0.15, 0.2) is 18.2 Å². The Labute approximate surface area is 170 Å². The molecule has 0 fully saturated rings. The van der Waals surface area contributed by atoms with Crippen LogP contribution < -0.4 is 15.5 Å². The van der Waals surface area contributed by atoms with Gasteiger partial charge < -0.3 is 15.5 Å². The first-order valence-corrected chi connectivity index (χ1v) is 9.97. The van der Waals surface area contributed by atoms with E-state index in [1.54, 1.807) is 25.2 Å². The molecule has 0 saturated heterocycles. The highest BCUT2D eigenvalue weighted by molar-refractivity contribution is 7.16. The molecule has 2 heterocycles. The van der Waals surface area contributed by atoms with Gasteiger partial charge in [0.1, 0.15) is 22.1 Å². The molecule has 10 heteroatoms. The van der Waals surface area contributed by atoms with Gasteiger partial charge in [-0.25, -0.2) is 0 Å². The summed E-state index contributed by atoms with van der Waals surface area (Å²) in [5.74, 6) is -0.644. The van der Waals surface area contributed by atoms with Crippen molar-refractivity contribution in [2.24, 2.45) is 0 Å². The van der Waals surface area contributed by atoms with E-state index in [9.17, 15) is 14.9 Å². The minimum Gasteiger partial charge on any atom is -0.385 e. The Kier molecular flexibility index (Phi) is 5.14. The number of benzene rings is 1. The van der Waals surface area contributed by atoms with E-state index in [-0.39, 0.29) is 12.5 Å². The van der Waals surface area contributed by atoms with Gasteiger partial charge in [0.25, 0.3) is 11.8 Å². The molecule has 0 unspecified atom stereocenters. The summed E-state index contributed by atoms with van der Waals surface area (Å²) >= 11 is 1.46. The lowest BCUT2D eigenvalue weighted by Crippen LogP contribution is -2.26. The first-order valence-electron chi connectivity index (χ1n) is 9.16. The number of hydrogen-bond acceptors (Lipinski definition) is 7. The van der Waals surface area contributed by atoms with Crippen LogP contribution >= 0.6 is 11.3 Å². The van der Waals surface area contributed by atoms with E-state index in [4.69, 9.17) is 4.84 Å². The smallest absolute Gasteiger partial charge is 0.265 e. The molecule has 0 bridgehead atoms. The number of thiophene rings is 1. The van der Waals surface area contributed by atoms with Crippen molar-refractivity contribution < 1.29 is 14.4 Å². The van der Waals surface area contributed by atoms with Crippen LogP contribution in [0, 0.1) is 11.3 Å². The zero-order valence-electron chi connectivity index (χ0n) is 15.7. The first-order chi connectivity index (χ1) is 14.1. The van der Waals surface area contributed by atoms with Gasteiger partial charge in [0.15, 0.2) is 6.61 Å². The molecular formula is C19H18N6O3S. The fraction of sp³-hybridized carbons (Fsp3) is 0.316. The lowest BCUT2D eigenvalue weighted by atomic mass is 9.96. The predicted octanol–water partition coefficient (Wildman–Crippen LogP) is 1.67. The summed E-state index contributed by atoms with van der Waals surface area (Å²) in [7, 11) is 1.54. The molecule has 1 aliphatic carbocycles. The van der Waals surface area contributed by atoms with Crippen LogP contribution in [0.25, 0.3) is 11.0 Å². The fourth-order valence-electron chi connectivity index (χ4n) is 3.33. The summed E-state index contributed by atoms with van der Waals surface area (Å²) in [6.07, 6.45) is 3.98. The Morgan fingerprint density at radius 3 is 2.97 bits per heavy atom. The molecular weight excluding hydrogens is 392 g/mol. The zero-order valence-corrected chi connectivity index (χ0v) is 16.5. The largest absolute Gasteiger partial charge is 0.385 e. The quantitative estimate of drug-likeness (QED) is 0.660. The van der Waals surface area contributed by atoms with Crippen LogP contribution in [-0.2, 0) is 17.6 Å². The standard InChI is InChI=1S/C19H18N6O3S/c1-21-18(27)11-6-7-14-15(8-11)25(24-23-14)28-10-17(26)22-19-13(9-20)12-4-2-3-5-16(12)29-19/h6-8H,2-5,10H2,1H3,(H,21,27)(H,22,26). The molecule has 148 valence electrons. The number of nitrogens with one attached hydrogen (secondary N) is 2. The summed E-state index contributed by atoms with van der Waals surface area (Å²) < 4.78 is 0. The molecule has 0 atom stereocenters. The second kappa shape index (κ2) is 7.89. The van der Waals surface area contributed by atoms with E-state index >= 15 is 0 Å². The molecule has 29 heavy (non-hydrogen) atoms. The number of hydrogen-bond donors (Lipinski definition) is 2. The molecule has 2 aromatic heterocycles. The lowest BCUT2D eigenvalue weighted by molar-refractivity contribution is -0.121. The van der Waals surface area contributed by atoms with Crippen molar-refractivity contribution in [1.82, 2.24) is 20.5 Å². The fourth-order valence-corrected chi connectivity index (χ4v) is 4.59. The van der Waals surface area contributed by atoms with Crippen LogP contribution in [0.1, 0.15) is 39.2 Å². The maximum Gasteiger partial charge on any atom is 0.265 e. The predicted molar refractivity (Wildman–Crippen MR) is 107 cm³/mol. The zero-order chi connectivity index (χ0) is 20.4. The second-order valence-electron chi connectivity index (χ2n) is 6.59. The first kappa shape index (κ1) is 18.9. The van der Waals surface area contributed by atoms with Crippen LogP contribution in [-0.4, -0.2) is 40.6 Å². The van der Waals surface area contributed by atoms with Crippen molar-refractivity contribution in [3.63, 3.8) is 0 Å². The van der Waals surface area contributed by atoms with Gasteiger partial charge >= 0.3 is 0 Å². The van der Waals surface area contributed by atoms with Gasteiger partial charge in [-0.05, 0) is 54.7 Å².